The van der Waals surface area contributed by atoms with Gasteiger partial charge in [-0.05, 0) is 18.1 Å². The minimum Gasteiger partial charge on any atom is -0.379 e. The van der Waals surface area contributed by atoms with Crippen LogP contribution in [0.5, 0.6) is 0 Å². The van der Waals surface area contributed by atoms with Gasteiger partial charge in [0.2, 0.25) is 0 Å². The molecule has 1 unspecified atom stereocenters. The van der Waals surface area contributed by atoms with Gasteiger partial charge in [-0.15, -0.1) is 24.0 Å². The molecule has 0 saturated carbocycles. The molecule has 1 aromatic heterocycles. The summed E-state index contributed by atoms with van der Waals surface area (Å²) in [7, 11) is 0. The molecule has 1 aliphatic heterocycles. The van der Waals surface area contributed by atoms with Crippen molar-refractivity contribution in [1.82, 2.24) is 15.2 Å². The van der Waals surface area contributed by atoms with E-state index in [0.717, 1.165) is 58.1 Å². The summed E-state index contributed by atoms with van der Waals surface area (Å²) in [4.78, 5) is 11.1. The zero-order valence-electron chi connectivity index (χ0n) is 13.8. The van der Waals surface area contributed by atoms with Gasteiger partial charge in [0, 0.05) is 51.0 Å². The summed E-state index contributed by atoms with van der Waals surface area (Å²) < 4.78 is 5.36. The minimum atomic E-state index is 0. The molecular weight excluding hydrogens is 405 g/mol. The predicted octanol–water partition coefficient (Wildman–Crippen LogP) is 1.11. The molecule has 1 aliphatic rings. The molecule has 2 heterocycles. The van der Waals surface area contributed by atoms with Crippen LogP contribution in [0.3, 0.4) is 0 Å². The number of rotatable bonds is 7. The fourth-order valence-corrected chi connectivity index (χ4v) is 2.46. The third kappa shape index (κ3) is 8.47. The second-order valence-electron chi connectivity index (χ2n) is 5.74. The first-order valence-electron chi connectivity index (χ1n) is 7.98. The lowest BCUT2D eigenvalue weighted by molar-refractivity contribution is 0.0323. The van der Waals surface area contributed by atoms with Crippen LogP contribution >= 0.6 is 24.0 Å². The van der Waals surface area contributed by atoms with Crippen molar-refractivity contribution >= 4 is 29.9 Å². The van der Waals surface area contributed by atoms with Crippen LogP contribution in [0.25, 0.3) is 0 Å². The van der Waals surface area contributed by atoms with E-state index in [2.05, 4.69) is 27.1 Å². The smallest absolute Gasteiger partial charge is 0.188 e. The molecule has 0 amide bonds. The SMILES string of the molecule is CC(CN=C(N)NCCc1ccccn1)CN1CCOCC1.I. The molecule has 130 valence electrons. The highest BCUT2D eigenvalue weighted by Gasteiger charge is 2.13. The van der Waals surface area contributed by atoms with Crippen LogP contribution in [0.1, 0.15) is 12.6 Å². The Morgan fingerprint density at radius 3 is 2.91 bits per heavy atom. The number of nitrogens with one attached hydrogen (secondary N) is 1. The fourth-order valence-electron chi connectivity index (χ4n) is 2.46. The number of morpholine rings is 1. The van der Waals surface area contributed by atoms with Gasteiger partial charge in [0.25, 0.3) is 0 Å². The van der Waals surface area contributed by atoms with E-state index >= 15 is 0 Å². The van der Waals surface area contributed by atoms with E-state index in [9.17, 15) is 0 Å². The molecule has 1 atom stereocenters. The monoisotopic (exact) mass is 433 g/mol. The van der Waals surface area contributed by atoms with Crippen molar-refractivity contribution < 1.29 is 4.74 Å². The third-order valence-electron chi connectivity index (χ3n) is 3.66. The third-order valence-corrected chi connectivity index (χ3v) is 3.66. The summed E-state index contributed by atoms with van der Waals surface area (Å²) in [6, 6.07) is 5.93. The van der Waals surface area contributed by atoms with Crippen molar-refractivity contribution in [3.63, 3.8) is 0 Å². The van der Waals surface area contributed by atoms with Gasteiger partial charge in [-0.1, -0.05) is 13.0 Å². The molecule has 0 radical (unpaired) electrons. The molecule has 7 heteroatoms. The number of aliphatic imine (C=N–C) groups is 1. The van der Waals surface area contributed by atoms with Gasteiger partial charge in [0.05, 0.1) is 13.2 Å². The Bertz CT molecular complexity index is 451. The average Bonchev–Trinajstić information content (AvgIpc) is 2.55. The summed E-state index contributed by atoms with van der Waals surface area (Å²) in [6.45, 7) is 8.48. The molecule has 1 aromatic rings. The van der Waals surface area contributed by atoms with Crippen molar-refractivity contribution in [3.05, 3.63) is 30.1 Å². The Balaban J connectivity index is 0.00000264. The number of nitrogens with zero attached hydrogens (tertiary/aromatic N) is 3. The first-order valence-corrected chi connectivity index (χ1v) is 7.98. The maximum absolute atomic E-state index is 5.90. The highest BCUT2D eigenvalue weighted by Crippen LogP contribution is 2.03. The van der Waals surface area contributed by atoms with Crippen molar-refractivity contribution in [2.75, 3.05) is 45.9 Å². The van der Waals surface area contributed by atoms with Gasteiger partial charge in [-0.3, -0.25) is 14.9 Å². The van der Waals surface area contributed by atoms with E-state index < -0.39 is 0 Å². The summed E-state index contributed by atoms with van der Waals surface area (Å²) in [5.74, 6) is 1.01. The summed E-state index contributed by atoms with van der Waals surface area (Å²) in [5, 5.41) is 3.14. The van der Waals surface area contributed by atoms with Crippen molar-refractivity contribution in [3.8, 4) is 0 Å². The highest BCUT2D eigenvalue weighted by atomic mass is 127. The number of hydrogen-bond acceptors (Lipinski definition) is 4. The van der Waals surface area contributed by atoms with Crippen LogP contribution in [-0.4, -0.2) is 61.8 Å². The van der Waals surface area contributed by atoms with Crippen LogP contribution < -0.4 is 11.1 Å². The maximum Gasteiger partial charge on any atom is 0.188 e. The first kappa shape index (κ1) is 20.1. The van der Waals surface area contributed by atoms with Gasteiger partial charge in [-0.2, -0.15) is 0 Å². The summed E-state index contributed by atoms with van der Waals surface area (Å²) in [5.41, 5.74) is 6.96. The number of nitrogens with two attached hydrogens (primary N) is 1. The van der Waals surface area contributed by atoms with E-state index in [1.54, 1.807) is 6.20 Å². The van der Waals surface area contributed by atoms with E-state index in [-0.39, 0.29) is 24.0 Å². The Morgan fingerprint density at radius 2 is 2.22 bits per heavy atom. The molecule has 23 heavy (non-hydrogen) atoms. The number of pyridine rings is 1. The van der Waals surface area contributed by atoms with E-state index in [1.165, 1.54) is 0 Å². The number of ether oxygens (including phenoxy) is 1. The Morgan fingerprint density at radius 1 is 1.43 bits per heavy atom. The quantitative estimate of drug-likeness (QED) is 0.383. The van der Waals surface area contributed by atoms with E-state index in [4.69, 9.17) is 10.5 Å². The molecule has 0 aliphatic carbocycles. The van der Waals surface area contributed by atoms with Crippen LogP contribution in [0, 0.1) is 5.92 Å². The largest absolute Gasteiger partial charge is 0.379 e. The number of guanidine groups is 1. The second-order valence-corrected chi connectivity index (χ2v) is 5.74. The molecule has 1 saturated heterocycles. The lowest BCUT2D eigenvalue weighted by atomic mass is 10.1. The molecule has 3 N–H and O–H groups in total. The number of hydrogen-bond donors (Lipinski definition) is 2. The first-order chi connectivity index (χ1) is 10.7. The molecule has 0 bridgehead atoms. The lowest BCUT2D eigenvalue weighted by Crippen LogP contribution is -2.39. The highest BCUT2D eigenvalue weighted by molar-refractivity contribution is 14.0. The summed E-state index contributed by atoms with van der Waals surface area (Å²) >= 11 is 0. The van der Waals surface area contributed by atoms with E-state index in [0.29, 0.717) is 11.9 Å². The van der Waals surface area contributed by atoms with Crippen molar-refractivity contribution in [2.24, 2.45) is 16.6 Å². The fraction of sp³-hybridized carbons (Fsp3) is 0.625. The summed E-state index contributed by atoms with van der Waals surface area (Å²) in [6.07, 6.45) is 2.65. The Kier molecular flexibility index (Phi) is 10.1. The van der Waals surface area contributed by atoms with Crippen LogP contribution in [-0.2, 0) is 11.2 Å². The van der Waals surface area contributed by atoms with E-state index in [1.807, 2.05) is 18.2 Å². The topological polar surface area (TPSA) is 75.8 Å². The van der Waals surface area contributed by atoms with Gasteiger partial charge in [0.1, 0.15) is 0 Å². The van der Waals surface area contributed by atoms with Crippen LogP contribution in [0.15, 0.2) is 29.4 Å². The van der Waals surface area contributed by atoms with Gasteiger partial charge < -0.3 is 15.8 Å². The van der Waals surface area contributed by atoms with Gasteiger partial charge >= 0.3 is 0 Å². The molecule has 0 spiro atoms. The molecular formula is C16H28IN5O. The Labute approximate surface area is 155 Å². The Hall–Kier alpha value is -0.930. The lowest BCUT2D eigenvalue weighted by Gasteiger charge is -2.28. The zero-order valence-corrected chi connectivity index (χ0v) is 16.1. The number of aromatic nitrogens is 1. The zero-order chi connectivity index (χ0) is 15.6. The molecule has 0 aromatic carbocycles. The second kappa shape index (κ2) is 11.6. The van der Waals surface area contributed by atoms with Crippen LogP contribution in [0.2, 0.25) is 0 Å². The molecule has 6 nitrogen and oxygen atoms in total. The molecule has 2 rings (SSSR count). The minimum absolute atomic E-state index is 0. The van der Waals surface area contributed by atoms with Gasteiger partial charge in [0.15, 0.2) is 5.96 Å². The van der Waals surface area contributed by atoms with Gasteiger partial charge in [-0.25, -0.2) is 0 Å². The van der Waals surface area contributed by atoms with Crippen molar-refractivity contribution in [2.45, 2.75) is 13.3 Å². The normalized spacial score (nSPS) is 17.3. The van der Waals surface area contributed by atoms with Crippen molar-refractivity contribution in [1.29, 1.82) is 0 Å². The predicted molar refractivity (Wildman–Crippen MR) is 104 cm³/mol. The standard InChI is InChI=1S/C16H27N5O.HI/c1-14(13-21-8-10-22-11-9-21)12-20-16(17)19-7-5-15-4-2-3-6-18-15;/h2-4,6,14H,5,7-13H2,1H3,(H3,17,19,20);1H. The maximum atomic E-state index is 5.90. The number of halogens is 1. The molecule has 1 fully saturated rings. The average molecular weight is 433 g/mol. The van der Waals surface area contributed by atoms with Crippen LogP contribution in [0.4, 0.5) is 0 Å².